The maximum atomic E-state index is 12.3. The van der Waals surface area contributed by atoms with E-state index in [0.29, 0.717) is 24.1 Å². The van der Waals surface area contributed by atoms with E-state index < -0.39 is 5.91 Å². The summed E-state index contributed by atoms with van der Waals surface area (Å²) in [4.78, 5) is 25.0. The Bertz CT molecular complexity index is 441. The number of hydrogen-bond donors (Lipinski definition) is 2. The zero-order valence-corrected chi connectivity index (χ0v) is 11.3. The summed E-state index contributed by atoms with van der Waals surface area (Å²) in [5, 5.41) is 8.86. The van der Waals surface area contributed by atoms with Gasteiger partial charge in [-0.3, -0.25) is 9.59 Å². The second-order valence-electron chi connectivity index (χ2n) is 4.61. The first-order chi connectivity index (χ1) is 8.97. The van der Waals surface area contributed by atoms with Crippen molar-refractivity contribution in [2.75, 3.05) is 13.2 Å². The number of amides is 2. The molecule has 0 aliphatic rings. The number of aliphatic hydroxyl groups is 1. The molecule has 19 heavy (non-hydrogen) atoms. The number of rotatable bonds is 6. The number of aliphatic hydroxyl groups excluding tert-OH is 1. The fourth-order valence-corrected chi connectivity index (χ4v) is 1.78. The molecule has 0 heterocycles. The first-order valence-corrected chi connectivity index (χ1v) is 6.29. The fourth-order valence-electron chi connectivity index (χ4n) is 1.78. The second kappa shape index (κ2) is 6.89. The van der Waals surface area contributed by atoms with Gasteiger partial charge in [0.1, 0.15) is 0 Å². The molecular weight excluding hydrogens is 244 g/mol. The molecule has 1 aromatic rings. The Hall–Kier alpha value is -1.88. The molecule has 0 unspecified atom stereocenters. The summed E-state index contributed by atoms with van der Waals surface area (Å²) in [5.41, 5.74) is 6.04. The predicted molar refractivity (Wildman–Crippen MR) is 72.8 cm³/mol. The van der Waals surface area contributed by atoms with Crippen LogP contribution in [0.3, 0.4) is 0 Å². The average molecular weight is 264 g/mol. The zero-order chi connectivity index (χ0) is 14.4. The summed E-state index contributed by atoms with van der Waals surface area (Å²) in [6.07, 6.45) is 0.545. The number of carbonyl (C=O) groups is 2. The van der Waals surface area contributed by atoms with Gasteiger partial charge in [0.25, 0.3) is 5.91 Å². The number of hydrogen-bond acceptors (Lipinski definition) is 3. The Kier molecular flexibility index (Phi) is 5.51. The molecule has 3 N–H and O–H groups in total. The first kappa shape index (κ1) is 15.2. The van der Waals surface area contributed by atoms with E-state index in [0.717, 1.165) is 0 Å². The number of benzene rings is 1. The molecule has 104 valence electrons. The largest absolute Gasteiger partial charge is 0.396 e. The topological polar surface area (TPSA) is 83.6 Å². The predicted octanol–water partition coefficient (Wildman–Crippen LogP) is 1.02. The summed E-state index contributed by atoms with van der Waals surface area (Å²) in [7, 11) is 0. The molecule has 1 rings (SSSR count). The van der Waals surface area contributed by atoms with E-state index >= 15 is 0 Å². The SMILES string of the molecule is CC(C)N(CCCO)C(=O)c1ccc(C(N)=O)cc1. The third-order valence-corrected chi connectivity index (χ3v) is 2.86. The Balaban J connectivity index is 2.87. The van der Waals surface area contributed by atoms with Crippen molar-refractivity contribution < 1.29 is 14.7 Å². The molecule has 5 heteroatoms. The quantitative estimate of drug-likeness (QED) is 0.804. The zero-order valence-electron chi connectivity index (χ0n) is 11.3. The highest BCUT2D eigenvalue weighted by Crippen LogP contribution is 2.10. The molecule has 1 aromatic carbocycles. The number of nitrogens with zero attached hydrogens (tertiary/aromatic N) is 1. The third kappa shape index (κ3) is 4.06. The van der Waals surface area contributed by atoms with E-state index in [4.69, 9.17) is 10.8 Å². The number of carbonyl (C=O) groups excluding carboxylic acids is 2. The summed E-state index contributed by atoms with van der Waals surface area (Å²) in [5.74, 6) is -0.625. The van der Waals surface area contributed by atoms with Crippen molar-refractivity contribution in [3.8, 4) is 0 Å². The molecule has 0 saturated heterocycles. The standard InChI is InChI=1S/C14H20N2O3/c1-10(2)16(8-3-9-17)14(19)12-6-4-11(5-7-12)13(15)18/h4-7,10,17H,3,8-9H2,1-2H3,(H2,15,18). The Labute approximate surface area is 113 Å². The van der Waals surface area contributed by atoms with Crippen molar-refractivity contribution in [1.29, 1.82) is 0 Å². The summed E-state index contributed by atoms with van der Waals surface area (Å²) >= 11 is 0. The van der Waals surface area contributed by atoms with Crippen molar-refractivity contribution in [3.63, 3.8) is 0 Å². The van der Waals surface area contributed by atoms with E-state index in [-0.39, 0.29) is 18.6 Å². The van der Waals surface area contributed by atoms with Crippen molar-refractivity contribution in [2.24, 2.45) is 5.73 Å². The van der Waals surface area contributed by atoms with E-state index in [1.54, 1.807) is 29.2 Å². The smallest absolute Gasteiger partial charge is 0.254 e. The van der Waals surface area contributed by atoms with Crippen LogP contribution in [0.4, 0.5) is 0 Å². The van der Waals surface area contributed by atoms with Crippen LogP contribution < -0.4 is 5.73 Å². The van der Waals surface area contributed by atoms with Crippen LogP contribution in [0.5, 0.6) is 0 Å². The highest BCUT2D eigenvalue weighted by atomic mass is 16.3. The molecule has 0 atom stereocenters. The van der Waals surface area contributed by atoms with E-state index in [9.17, 15) is 9.59 Å². The molecule has 0 saturated carbocycles. The first-order valence-electron chi connectivity index (χ1n) is 6.29. The highest BCUT2D eigenvalue weighted by molar-refractivity contribution is 5.97. The van der Waals surface area contributed by atoms with Gasteiger partial charge in [-0.05, 0) is 44.5 Å². The Morgan fingerprint density at radius 1 is 1.21 bits per heavy atom. The molecule has 0 aliphatic carbocycles. The molecular formula is C14H20N2O3. The van der Waals surface area contributed by atoms with Crippen molar-refractivity contribution >= 4 is 11.8 Å². The number of nitrogens with two attached hydrogens (primary N) is 1. The lowest BCUT2D eigenvalue weighted by Crippen LogP contribution is -2.38. The lowest BCUT2D eigenvalue weighted by molar-refractivity contribution is 0.0692. The second-order valence-corrected chi connectivity index (χ2v) is 4.61. The van der Waals surface area contributed by atoms with Crippen LogP contribution in [0.1, 0.15) is 41.0 Å². The molecule has 0 fully saturated rings. The van der Waals surface area contributed by atoms with Crippen LogP contribution >= 0.6 is 0 Å². The van der Waals surface area contributed by atoms with Crippen LogP contribution in [-0.4, -0.2) is 41.0 Å². The lowest BCUT2D eigenvalue weighted by Gasteiger charge is -2.26. The number of primary amides is 1. The van der Waals surface area contributed by atoms with Gasteiger partial charge in [0, 0.05) is 30.3 Å². The van der Waals surface area contributed by atoms with E-state index in [1.165, 1.54) is 0 Å². The van der Waals surface area contributed by atoms with Gasteiger partial charge >= 0.3 is 0 Å². The van der Waals surface area contributed by atoms with Crippen LogP contribution in [0.15, 0.2) is 24.3 Å². The molecule has 2 amide bonds. The van der Waals surface area contributed by atoms with Gasteiger partial charge < -0.3 is 15.7 Å². The van der Waals surface area contributed by atoms with Crippen molar-refractivity contribution in [3.05, 3.63) is 35.4 Å². The third-order valence-electron chi connectivity index (χ3n) is 2.86. The van der Waals surface area contributed by atoms with E-state index in [1.807, 2.05) is 13.8 Å². The monoisotopic (exact) mass is 264 g/mol. The van der Waals surface area contributed by atoms with Gasteiger partial charge in [0.15, 0.2) is 0 Å². The molecule has 5 nitrogen and oxygen atoms in total. The molecule has 0 bridgehead atoms. The van der Waals surface area contributed by atoms with Crippen LogP contribution in [0, 0.1) is 0 Å². The van der Waals surface area contributed by atoms with Crippen LogP contribution in [0.25, 0.3) is 0 Å². The highest BCUT2D eigenvalue weighted by Gasteiger charge is 2.18. The molecule has 0 aliphatic heterocycles. The lowest BCUT2D eigenvalue weighted by atomic mass is 10.1. The van der Waals surface area contributed by atoms with Crippen LogP contribution in [0.2, 0.25) is 0 Å². The minimum atomic E-state index is -0.514. The van der Waals surface area contributed by atoms with Gasteiger partial charge in [-0.15, -0.1) is 0 Å². The summed E-state index contributed by atoms with van der Waals surface area (Å²) in [6.45, 7) is 4.40. The van der Waals surface area contributed by atoms with Gasteiger partial charge in [0.2, 0.25) is 5.91 Å². The fraction of sp³-hybridized carbons (Fsp3) is 0.429. The normalized spacial score (nSPS) is 10.5. The summed E-state index contributed by atoms with van der Waals surface area (Å²) < 4.78 is 0. The minimum Gasteiger partial charge on any atom is -0.396 e. The molecule has 0 aromatic heterocycles. The minimum absolute atomic E-state index is 0.0508. The van der Waals surface area contributed by atoms with Gasteiger partial charge in [-0.1, -0.05) is 0 Å². The molecule has 0 radical (unpaired) electrons. The Morgan fingerprint density at radius 3 is 2.16 bits per heavy atom. The Morgan fingerprint density at radius 2 is 1.74 bits per heavy atom. The van der Waals surface area contributed by atoms with E-state index in [2.05, 4.69) is 0 Å². The van der Waals surface area contributed by atoms with Crippen molar-refractivity contribution in [2.45, 2.75) is 26.3 Å². The van der Waals surface area contributed by atoms with Crippen molar-refractivity contribution in [1.82, 2.24) is 4.90 Å². The van der Waals surface area contributed by atoms with Gasteiger partial charge in [-0.25, -0.2) is 0 Å². The summed E-state index contributed by atoms with van der Waals surface area (Å²) in [6, 6.07) is 6.32. The van der Waals surface area contributed by atoms with Gasteiger partial charge in [0.05, 0.1) is 0 Å². The maximum absolute atomic E-state index is 12.3. The maximum Gasteiger partial charge on any atom is 0.254 e. The average Bonchev–Trinajstić information content (AvgIpc) is 2.38. The van der Waals surface area contributed by atoms with Crippen LogP contribution in [-0.2, 0) is 0 Å². The van der Waals surface area contributed by atoms with Gasteiger partial charge in [-0.2, -0.15) is 0 Å². The molecule has 0 spiro atoms.